The van der Waals surface area contributed by atoms with Gasteiger partial charge in [-0.1, -0.05) is 26.1 Å². The topological polar surface area (TPSA) is 76.7 Å². The summed E-state index contributed by atoms with van der Waals surface area (Å²) in [7, 11) is 0. The maximum atomic E-state index is 5.90. The fourth-order valence-corrected chi connectivity index (χ4v) is 2.42. The fourth-order valence-electron chi connectivity index (χ4n) is 2.20. The molecule has 0 radical (unpaired) electrons. The first-order valence-electron chi connectivity index (χ1n) is 6.94. The van der Waals surface area contributed by atoms with Crippen molar-refractivity contribution in [2.45, 2.75) is 33.6 Å². The van der Waals surface area contributed by atoms with Crippen LogP contribution in [0, 0.1) is 6.92 Å². The molecule has 2 heterocycles. The van der Waals surface area contributed by atoms with Crippen LogP contribution in [0.1, 0.15) is 36.4 Å². The molecule has 3 N–H and O–H groups in total. The molecule has 0 bridgehead atoms. The van der Waals surface area contributed by atoms with Crippen LogP contribution >= 0.6 is 12.2 Å². The molecular weight excluding hydrogens is 282 g/mol. The van der Waals surface area contributed by atoms with Crippen molar-refractivity contribution in [3.8, 4) is 0 Å². The summed E-state index contributed by atoms with van der Waals surface area (Å²) in [5, 5.41) is 11.7. The van der Waals surface area contributed by atoms with E-state index in [9.17, 15) is 0 Å². The van der Waals surface area contributed by atoms with Gasteiger partial charge in [-0.15, -0.1) is 5.10 Å². The molecule has 0 aromatic carbocycles. The molecule has 21 heavy (non-hydrogen) atoms. The highest BCUT2D eigenvalue weighted by molar-refractivity contribution is 7.80. The molecule has 2 rings (SSSR count). The Kier molecular flexibility index (Phi) is 4.80. The van der Waals surface area contributed by atoms with E-state index in [2.05, 4.69) is 27.4 Å². The minimum Gasteiger partial charge on any atom is -0.389 e. The summed E-state index contributed by atoms with van der Waals surface area (Å²) >= 11 is 5.20. The Labute approximate surface area is 130 Å². The van der Waals surface area contributed by atoms with Gasteiger partial charge in [0.25, 0.3) is 0 Å². The van der Waals surface area contributed by atoms with Crippen LogP contribution in [-0.4, -0.2) is 20.2 Å². The largest absolute Gasteiger partial charge is 0.389 e. The van der Waals surface area contributed by atoms with E-state index >= 15 is 0 Å². The van der Waals surface area contributed by atoms with Gasteiger partial charge in [-0.2, -0.15) is 5.10 Å². The third kappa shape index (κ3) is 3.33. The molecule has 0 saturated heterocycles. The number of nitrogens with two attached hydrogens (primary N) is 1. The second-order valence-electron chi connectivity index (χ2n) is 4.73. The lowest BCUT2D eigenvalue weighted by Crippen LogP contribution is -2.18. The number of rotatable bonds is 5. The third-order valence-electron chi connectivity index (χ3n) is 3.27. The van der Waals surface area contributed by atoms with Gasteiger partial charge >= 0.3 is 0 Å². The molecule has 0 fully saturated rings. The lowest BCUT2D eigenvalue weighted by molar-refractivity contribution is 0.879. The normalized spacial score (nSPS) is 10.4. The molecule has 5 nitrogen and oxygen atoms in total. The predicted molar refractivity (Wildman–Crippen MR) is 88.9 cm³/mol. The molecule has 0 unspecified atom stereocenters. The standard InChI is InChI=1S/C15H19N5S/c1-4-11-12(5-2)19-20-15(13(11)14(16)21)18-10-7-6-9(3)17-8-10/h6-8H,4-5H2,1-3H3,(H2,16,21)(H,18,20). The third-order valence-corrected chi connectivity index (χ3v) is 3.47. The minimum atomic E-state index is 0.332. The number of thiocarbonyl (C=S) groups is 1. The van der Waals surface area contributed by atoms with E-state index in [1.807, 2.05) is 26.0 Å². The Bertz CT molecular complexity index is 652. The lowest BCUT2D eigenvalue weighted by Gasteiger charge is -2.15. The molecule has 110 valence electrons. The van der Waals surface area contributed by atoms with E-state index in [0.717, 1.165) is 41.0 Å². The molecule has 0 aliphatic heterocycles. The summed E-state index contributed by atoms with van der Waals surface area (Å²) in [4.78, 5) is 4.58. The Morgan fingerprint density at radius 1 is 1.24 bits per heavy atom. The number of nitrogens with zero attached hydrogens (tertiary/aromatic N) is 3. The zero-order chi connectivity index (χ0) is 15.4. The Hall–Kier alpha value is -2.08. The van der Waals surface area contributed by atoms with Gasteiger partial charge in [0.1, 0.15) is 4.99 Å². The molecule has 0 saturated carbocycles. The number of aryl methyl sites for hydroxylation is 2. The quantitative estimate of drug-likeness (QED) is 0.827. The van der Waals surface area contributed by atoms with Crippen LogP contribution in [0.3, 0.4) is 0 Å². The van der Waals surface area contributed by atoms with E-state index < -0.39 is 0 Å². The molecule has 0 spiro atoms. The van der Waals surface area contributed by atoms with Crippen molar-refractivity contribution in [2.24, 2.45) is 5.73 Å². The van der Waals surface area contributed by atoms with Gasteiger partial charge in [0.15, 0.2) is 5.82 Å². The van der Waals surface area contributed by atoms with Gasteiger partial charge in [0.05, 0.1) is 23.1 Å². The monoisotopic (exact) mass is 301 g/mol. The average molecular weight is 301 g/mol. The van der Waals surface area contributed by atoms with Gasteiger partial charge in [0, 0.05) is 5.69 Å². The second kappa shape index (κ2) is 6.58. The molecular formula is C15H19N5S. The SMILES string of the molecule is CCc1nnc(Nc2ccc(C)nc2)c(C(N)=S)c1CC. The highest BCUT2D eigenvalue weighted by atomic mass is 32.1. The first-order chi connectivity index (χ1) is 10.1. The van der Waals surface area contributed by atoms with Crippen LogP contribution in [-0.2, 0) is 12.8 Å². The Morgan fingerprint density at radius 2 is 2.00 bits per heavy atom. The maximum Gasteiger partial charge on any atom is 0.163 e. The summed E-state index contributed by atoms with van der Waals surface area (Å²) in [5.41, 5.74) is 10.5. The van der Waals surface area contributed by atoms with Crippen molar-refractivity contribution in [2.75, 3.05) is 5.32 Å². The van der Waals surface area contributed by atoms with Crippen LogP contribution in [0.25, 0.3) is 0 Å². The van der Waals surface area contributed by atoms with E-state index in [1.54, 1.807) is 6.20 Å². The average Bonchev–Trinajstić information content (AvgIpc) is 2.48. The van der Waals surface area contributed by atoms with E-state index in [4.69, 9.17) is 18.0 Å². The molecule has 0 aliphatic carbocycles. The molecule has 0 amide bonds. The molecule has 2 aromatic rings. The summed E-state index contributed by atoms with van der Waals surface area (Å²) in [6.45, 7) is 6.05. The van der Waals surface area contributed by atoms with Crippen LogP contribution in [0.4, 0.5) is 11.5 Å². The summed E-state index contributed by atoms with van der Waals surface area (Å²) in [5.74, 6) is 0.585. The molecule has 6 heteroatoms. The van der Waals surface area contributed by atoms with Crippen LogP contribution in [0.15, 0.2) is 18.3 Å². The lowest BCUT2D eigenvalue weighted by atomic mass is 10.0. The first kappa shape index (κ1) is 15.3. The van der Waals surface area contributed by atoms with Crippen molar-refractivity contribution in [3.63, 3.8) is 0 Å². The Balaban J connectivity index is 2.48. The van der Waals surface area contributed by atoms with E-state index in [1.165, 1.54) is 0 Å². The first-order valence-corrected chi connectivity index (χ1v) is 7.35. The van der Waals surface area contributed by atoms with Crippen LogP contribution in [0.5, 0.6) is 0 Å². The molecule has 0 atom stereocenters. The van der Waals surface area contributed by atoms with Gasteiger partial charge in [-0.3, -0.25) is 4.98 Å². The van der Waals surface area contributed by atoms with Gasteiger partial charge in [-0.05, 0) is 37.5 Å². The van der Waals surface area contributed by atoms with Crippen LogP contribution < -0.4 is 11.1 Å². The van der Waals surface area contributed by atoms with Gasteiger partial charge in [0.2, 0.25) is 0 Å². The second-order valence-corrected chi connectivity index (χ2v) is 5.17. The summed E-state index contributed by atoms with van der Waals surface area (Å²) in [6.07, 6.45) is 3.37. The van der Waals surface area contributed by atoms with Gasteiger partial charge in [-0.25, -0.2) is 0 Å². The van der Waals surface area contributed by atoms with Crippen molar-refractivity contribution in [1.82, 2.24) is 15.2 Å². The highest BCUT2D eigenvalue weighted by Crippen LogP contribution is 2.23. The summed E-state index contributed by atoms with van der Waals surface area (Å²) in [6, 6.07) is 3.87. The number of nitrogens with one attached hydrogen (secondary N) is 1. The van der Waals surface area contributed by atoms with E-state index in [-0.39, 0.29) is 0 Å². The zero-order valence-corrected chi connectivity index (χ0v) is 13.3. The van der Waals surface area contributed by atoms with E-state index in [0.29, 0.717) is 10.8 Å². The predicted octanol–water partition coefficient (Wildman–Crippen LogP) is 2.68. The number of hydrogen-bond donors (Lipinski definition) is 2. The number of hydrogen-bond acceptors (Lipinski definition) is 5. The van der Waals surface area contributed by atoms with Crippen molar-refractivity contribution in [3.05, 3.63) is 40.8 Å². The highest BCUT2D eigenvalue weighted by Gasteiger charge is 2.16. The number of anilines is 2. The van der Waals surface area contributed by atoms with Crippen molar-refractivity contribution >= 4 is 28.7 Å². The van der Waals surface area contributed by atoms with Crippen LogP contribution in [0.2, 0.25) is 0 Å². The number of pyridine rings is 1. The fraction of sp³-hybridized carbons (Fsp3) is 0.333. The minimum absolute atomic E-state index is 0.332. The molecule has 2 aromatic heterocycles. The zero-order valence-electron chi connectivity index (χ0n) is 12.5. The summed E-state index contributed by atoms with van der Waals surface area (Å²) < 4.78 is 0. The Morgan fingerprint density at radius 3 is 2.52 bits per heavy atom. The van der Waals surface area contributed by atoms with Crippen molar-refractivity contribution in [1.29, 1.82) is 0 Å². The smallest absolute Gasteiger partial charge is 0.163 e. The maximum absolute atomic E-state index is 5.90. The van der Waals surface area contributed by atoms with Crippen molar-refractivity contribution < 1.29 is 0 Å². The van der Waals surface area contributed by atoms with Gasteiger partial charge < -0.3 is 11.1 Å². The number of aromatic nitrogens is 3. The molecule has 0 aliphatic rings.